The van der Waals surface area contributed by atoms with E-state index in [-0.39, 0.29) is 17.9 Å². The minimum atomic E-state index is -0.287. The van der Waals surface area contributed by atoms with Gasteiger partial charge in [-0.15, -0.1) is 0 Å². The molecular formula is C13H13NO4. The molecule has 0 saturated carbocycles. The summed E-state index contributed by atoms with van der Waals surface area (Å²) < 4.78 is 10.3. The molecule has 2 rings (SSSR count). The number of hydrogen-bond acceptors (Lipinski definition) is 4. The molecule has 0 aliphatic heterocycles. The molecular weight excluding hydrogens is 234 g/mol. The van der Waals surface area contributed by atoms with Crippen LogP contribution in [0, 0.1) is 0 Å². The van der Waals surface area contributed by atoms with E-state index < -0.39 is 0 Å². The van der Waals surface area contributed by atoms with E-state index in [1.54, 1.807) is 19.1 Å². The van der Waals surface area contributed by atoms with E-state index in [4.69, 9.17) is 9.26 Å². The average molecular weight is 247 g/mol. The van der Waals surface area contributed by atoms with Crippen molar-refractivity contribution in [1.82, 2.24) is 5.16 Å². The fourth-order valence-corrected chi connectivity index (χ4v) is 1.54. The van der Waals surface area contributed by atoms with Gasteiger partial charge in [0.05, 0.1) is 6.07 Å². The van der Waals surface area contributed by atoms with Gasteiger partial charge in [0, 0.05) is 6.42 Å². The summed E-state index contributed by atoms with van der Waals surface area (Å²) in [4.78, 5) is 21.7. The van der Waals surface area contributed by atoms with Gasteiger partial charge in [-0.1, -0.05) is 12.1 Å². The highest BCUT2D eigenvalue weighted by Gasteiger charge is 2.02. The summed E-state index contributed by atoms with van der Waals surface area (Å²) in [6.07, 6.45) is 0.424. The van der Waals surface area contributed by atoms with E-state index in [1.807, 2.05) is 12.1 Å². The Balaban J connectivity index is 1.94. The van der Waals surface area contributed by atoms with E-state index in [0.29, 0.717) is 17.9 Å². The SMILES string of the molecule is CC(=O)Cc1ccc(OCc2cc(=O)[nH]o2)cc1. The van der Waals surface area contributed by atoms with Crippen LogP contribution in [-0.4, -0.2) is 10.9 Å². The molecule has 2 aromatic rings. The molecule has 0 radical (unpaired) electrons. The largest absolute Gasteiger partial charge is 0.486 e. The highest BCUT2D eigenvalue weighted by atomic mass is 16.5. The Morgan fingerprint density at radius 3 is 2.61 bits per heavy atom. The number of carbonyl (C=O) groups excluding carboxylic acids is 1. The van der Waals surface area contributed by atoms with E-state index in [0.717, 1.165) is 5.56 Å². The van der Waals surface area contributed by atoms with Crippen LogP contribution in [0.4, 0.5) is 0 Å². The third-order valence-electron chi connectivity index (χ3n) is 2.33. The monoisotopic (exact) mass is 247 g/mol. The Morgan fingerprint density at radius 2 is 2.06 bits per heavy atom. The Bertz CT molecular complexity index is 580. The van der Waals surface area contributed by atoms with Gasteiger partial charge in [0.1, 0.15) is 18.1 Å². The number of carbonyl (C=O) groups is 1. The molecule has 0 bridgehead atoms. The predicted molar refractivity (Wildman–Crippen MR) is 64.5 cm³/mol. The lowest BCUT2D eigenvalue weighted by atomic mass is 10.1. The summed E-state index contributed by atoms with van der Waals surface area (Å²) in [7, 11) is 0. The average Bonchev–Trinajstić information content (AvgIpc) is 2.74. The smallest absolute Gasteiger partial charge is 0.280 e. The van der Waals surface area contributed by atoms with Gasteiger partial charge in [-0.05, 0) is 24.6 Å². The topological polar surface area (TPSA) is 72.3 Å². The Hall–Kier alpha value is -2.30. The molecule has 1 heterocycles. The third kappa shape index (κ3) is 3.35. The first kappa shape index (κ1) is 12.2. The van der Waals surface area contributed by atoms with E-state index in [1.165, 1.54) is 6.07 Å². The fourth-order valence-electron chi connectivity index (χ4n) is 1.54. The fraction of sp³-hybridized carbons (Fsp3) is 0.231. The number of ether oxygens (including phenoxy) is 1. The number of H-pyrrole nitrogens is 1. The Morgan fingerprint density at radius 1 is 1.33 bits per heavy atom. The quantitative estimate of drug-likeness (QED) is 0.872. The summed E-state index contributed by atoms with van der Waals surface area (Å²) in [6.45, 7) is 1.74. The molecule has 0 unspecified atom stereocenters. The number of hydrogen-bond donors (Lipinski definition) is 1. The maximum absolute atomic E-state index is 10.9. The van der Waals surface area contributed by atoms with Gasteiger partial charge in [0.25, 0.3) is 5.56 Å². The molecule has 5 nitrogen and oxygen atoms in total. The van der Waals surface area contributed by atoms with Gasteiger partial charge < -0.3 is 9.26 Å². The second kappa shape index (κ2) is 5.35. The molecule has 1 aromatic carbocycles. The molecule has 1 aromatic heterocycles. The van der Waals surface area contributed by atoms with E-state index in [9.17, 15) is 9.59 Å². The molecule has 94 valence electrons. The van der Waals surface area contributed by atoms with Crippen LogP contribution in [0.25, 0.3) is 0 Å². The molecule has 0 fully saturated rings. The van der Waals surface area contributed by atoms with Crippen LogP contribution in [0.1, 0.15) is 18.2 Å². The summed E-state index contributed by atoms with van der Waals surface area (Å²) >= 11 is 0. The van der Waals surface area contributed by atoms with Crippen molar-refractivity contribution in [2.24, 2.45) is 0 Å². The van der Waals surface area contributed by atoms with Crippen LogP contribution in [0.5, 0.6) is 5.75 Å². The van der Waals surface area contributed by atoms with Crippen LogP contribution < -0.4 is 10.3 Å². The van der Waals surface area contributed by atoms with Crippen molar-refractivity contribution in [2.45, 2.75) is 20.0 Å². The van der Waals surface area contributed by atoms with Gasteiger partial charge in [-0.25, -0.2) is 0 Å². The van der Waals surface area contributed by atoms with Gasteiger partial charge in [-0.2, -0.15) is 5.16 Å². The van der Waals surface area contributed by atoms with Crippen molar-refractivity contribution < 1.29 is 14.1 Å². The van der Waals surface area contributed by atoms with E-state index >= 15 is 0 Å². The lowest BCUT2D eigenvalue weighted by Gasteiger charge is -2.04. The molecule has 0 aliphatic carbocycles. The zero-order valence-corrected chi connectivity index (χ0v) is 9.93. The Labute approximate surface area is 103 Å². The minimum Gasteiger partial charge on any atom is -0.486 e. The molecule has 18 heavy (non-hydrogen) atoms. The van der Waals surface area contributed by atoms with Crippen molar-refractivity contribution in [2.75, 3.05) is 0 Å². The normalized spacial score (nSPS) is 10.3. The molecule has 5 heteroatoms. The number of rotatable bonds is 5. The lowest BCUT2D eigenvalue weighted by molar-refractivity contribution is -0.116. The third-order valence-corrected chi connectivity index (χ3v) is 2.33. The summed E-state index contributed by atoms with van der Waals surface area (Å²) in [5.41, 5.74) is 0.661. The second-order valence-electron chi connectivity index (χ2n) is 3.99. The number of aromatic amines is 1. The van der Waals surface area contributed by atoms with E-state index in [2.05, 4.69) is 5.16 Å². The van der Waals surface area contributed by atoms with Gasteiger partial charge in [-0.3, -0.25) is 9.59 Å². The first-order valence-electron chi connectivity index (χ1n) is 5.52. The van der Waals surface area contributed by atoms with Crippen LogP contribution in [-0.2, 0) is 17.8 Å². The van der Waals surface area contributed by atoms with Gasteiger partial charge in [0.2, 0.25) is 0 Å². The Kier molecular flexibility index (Phi) is 3.62. The van der Waals surface area contributed by atoms with Crippen LogP contribution in [0.2, 0.25) is 0 Å². The second-order valence-corrected chi connectivity index (χ2v) is 3.99. The standard InChI is InChI=1S/C13H13NO4/c1-9(15)6-10-2-4-11(5-3-10)17-8-12-7-13(16)14-18-12/h2-5,7H,6,8H2,1H3,(H,14,16). The number of nitrogens with one attached hydrogen (secondary N) is 1. The molecule has 0 atom stereocenters. The summed E-state index contributed by atoms with van der Waals surface area (Å²) in [5, 5.41) is 2.19. The number of ketones is 1. The molecule has 0 aliphatic rings. The van der Waals surface area contributed by atoms with Crippen LogP contribution >= 0.6 is 0 Å². The van der Waals surface area contributed by atoms with Crippen LogP contribution in [0.15, 0.2) is 39.6 Å². The zero-order valence-electron chi connectivity index (χ0n) is 9.93. The van der Waals surface area contributed by atoms with Crippen molar-refractivity contribution in [3.05, 3.63) is 52.0 Å². The minimum absolute atomic E-state index is 0.123. The lowest BCUT2D eigenvalue weighted by Crippen LogP contribution is -1.98. The summed E-state index contributed by atoms with van der Waals surface area (Å²) in [5.74, 6) is 1.22. The van der Waals surface area contributed by atoms with Crippen molar-refractivity contribution in [3.8, 4) is 5.75 Å². The van der Waals surface area contributed by atoms with Crippen molar-refractivity contribution >= 4 is 5.78 Å². The maximum Gasteiger partial charge on any atom is 0.280 e. The molecule has 0 spiro atoms. The highest BCUT2D eigenvalue weighted by molar-refractivity contribution is 5.78. The van der Waals surface area contributed by atoms with Gasteiger partial charge >= 0.3 is 0 Å². The number of Topliss-reactive ketones (excluding diaryl/α,β-unsaturated/α-hetero) is 1. The summed E-state index contributed by atoms with van der Waals surface area (Å²) in [6, 6.07) is 8.57. The molecule has 1 N–H and O–H groups in total. The van der Waals surface area contributed by atoms with Gasteiger partial charge in [0.15, 0.2) is 5.76 Å². The first-order valence-corrected chi connectivity index (χ1v) is 5.52. The van der Waals surface area contributed by atoms with Crippen LogP contribution in [0.3, 0.4) is 0 Å². The maximum atomic E-state index is 10.9. The number of aromatic nitrogens is 1. The first-order chi connectivity index (χ1) is 8.63. The van der Waals surface area contributed by atoms with Crippen molar-refractivity contribution in [1.29, 1.82) is 0 Å². The molecule has 0 saturated heterocycles. The molecule has 0 amide bonds. The predicted octanol–water partition coefficient (Wildman–Crippen LogP) is 1.68. The van der Waals surface area contributed by atoms with Crippen molar-refractivity contribution in [3.63, 3.8) is 0 Å². The number of benzene rings is 1. The zero-order chi connectivity index (χ0) is 13.0. The highest BCUT2D eigenvalue weighted by Crippen LogP contribution is 2.14.